The third kappa shape index (κ3) is 2.03. The lowest BCUT2D eigenvalue weighted by Crippen LogP contribution is -2.13. The molecule has 2 nitrogen and oxygen atoms in total. The van der Waals surface area contributed by atoms with E-state index in [1.165, 1.54) is 23.3 Å². The second-order valence-electron chi connectivity index (χ2n) is 3.48. The zero-order chi connectivity index (χ0) is 9.97. The Morgan fingerprint density at radius 1 is 1.71 bits per heavy atom. The van der Waals surface area contributed by atoms with E-state index < -0.39 is 0 Å². The number of ether oxygens (including phenoxy) is 2. The van der Waals surface area contributed by atoms with Crippen molar-refractivity contribution in [2.24, 2.45) is 5.92 Å². The molecule has 1 aliphatic carbocycles. The first kappa shape index (κ1) is 11.0. The van der Waals surface area contributed by atoms with E-state index >= 15 is 0 Å². The molecular formula is C10H13IO2S. The highest BCUT2D eigenvalue weighted by Crippen LogP contribution is 2.46. The lowest BCUT2D eigenvalue weighted by Gasteiger charge is -2.12. The van der Waals surface area contributed by atoms with Crippen LogP contribution in [-0.4, -0.2) is 19.5 Å². The molecule has 1 fully saturated rings. The summed E-state index contributed by atoms with van der Waals surface area (Å²) in [5.41, 5.74) is 1.39. The topological polar surface area (TPSA) is 18.5 Å². The SMILES string of the molecule is C=CCOC1OCC2CCC(SI)=C21. The van der Waals surface area contributed by atoms with E-state index in [0.717, 1.165) is 6.61 Å². The Morgan fingerprint density at radius 2 is 2.57 bits per heavy atom. The summed E-state index contributed by atoms with van der Waals surface area (Å²) in [4.78, 5) is 1.46. The molecule has 1 saturated heterocycles. The standard InChI is InChI=1S/C10H13IO2S/c1-2-5-12-10-9-7(6-13-10)3-4-8(9)14-11/h2,7,10H,1,3-6H2. The average molecular weight is 324 g/mol. The smallest absolute Gasteiger partial charge is 0.181 e. The maximum absolute atomic E-state index is 5.61. The Bertz CT molecular complexity index is 265. The Hall–Kier alpha value is 0.480. The molecular weight excluding hydrogens is 311 g/mol. The van der Waals surface area contributed by atoms with Crippen molar-refractivity contribution < 1.29 is 9.47 Å². The Morgan fingerprint density at radius 3 is 3.29 bits per heavy atom. The summed E-state index contributed by atoms with van der Waals surface area (Å²) in [7, 11) is 1.81. The molecule has 4 heteroatoms. The molecule has 2 atom stereocenters. The van der Waals surface area contributed by atoms with Crippen LogP contribution in [0, 0.1) is 5.92 Å². The van der Waals surface area contributed by atoms with Gasteiger partial charge >= 0.3 is 0 Å². The minimum Gasteiger partial charge on any atom is -0.348 e. The van der Waals surface area contributed by atoms with Crippen molar-refractivity contribution in [2.45, 2.75) is 19.1 Å². The second kappa shape index (κ2) is 5.01. The fraction of sp³-hybridized carbons (Fsp3) is 0.600. The zero-order valence-corrected chi connectivity index (χ0v) is 10.8. The van der Waals surface area contributed by atoms with Gasteiger partial charge in [0.25, 0.3) is 0 Å². The van der Waals surface area contributed by atoms with Crippen LogP contribution in [0.2, 0.25) is 0 Å². The number of allylic oxidation sites excluding steroid dienone is 1. The maximum atomic E-state index is 5.61. The molecule has 2 rings (SSSR count). The quantitative estimate of drug-likeness (QED) is 0.584. The molecule has 14 heavy (non-hydrogen) atoms. The summed E-state index contributed by atoms with van der Waals surface area (Å²) < 4.78 is 11.2. The van der Waals surface area contributed by atoms with E-state index in [-0.39, 0.29) is 6.29 Å². The zero-order valence-electron chi connectivity index (χ0n) is 7.87. The largest absolute Gasteiger partial charge is 0.348 e. The lowest BCUT2D eigenvalue weighted by molar-refractivity contribution is -0.0845. The van der Waals surface area contributed by atoms with E-state index in [9.17, 15) is 0 Å². The average Bonchev–Trinajstić information content (AvgIpc) is 2.75. The van der Waals surface area contributed by atoms with Gasteiger partial charge in [-0.25, -0.2) is 0 Å². The summed E-state index contributed by atoms with van der Waals surface area (Å²) in [6.45, 7) is 5.04. The number of hydrogen-bond donors (Lipinski definition) is 0. The van der Waals surface area contributed by atoms with Gasteiger partial charge < -0.3 is 9.47 Å². The predicted molar refractivity (Wildman–Crippen MR) is 67.3 cm³/mol. The van der Waals surface area contributed by atoms with Crippen molar-refractivity contribution in [2.75, 3.05) is 13.2 Å². The van der Waals surface area contributed by atoms with Gasteiger partial charge in [-0.1, -0.05) is 15.0 Å². The molecule has 0 spiro atoms. The van der Waals surface area contributed by atoms with Crippen LogP contribution < -0.4 is 0 Å². The third-order valence-electron chi connectivity index (χ3n) is 2.64. The summed E-state index contributed by atoms with van der Waals surface area (Å²) in [5, 5.41) is 0. The van der Waals surface area contributed by atoms with E-state index in [0.29, 0.717) is 12.5 Å². The molecule has 0 radical (unpaired) electrons. The molecule has 0 saturated carbocycles. The van der Waals surface area contributed by atoms with Crippen molar-refractivity contribution in [3.05, 3.63) is 23.1 Å². The van der Waals surface area contributed by atoms with Crippen molar-refractivity contribution in [1.29, 1.82) is 0 Å². The van der Waals surface area contributed by atoms with Crippen LogP contribution in [0.4, 0.5) is 0 Å². The number of rotatable bonds is 4. The number of hydrogen-bond acceptors (Lipinski definition) is 3. The van der Waals surface area contributed by atoms with Gasteiger partial charge in [0.15, 0.2) is 6.29 Å². The van der Waals surface area contributed by atoms with Crippen LogP contribution in [0.5, 0.6) is 0 Å². The van der Waals surface area contributed by atoms with Crippen molar-refractivity contribution in [3.63, 3.8) is 0 Å². The number of halogens is 1. The van der Waals surface area contributed by atoms with Gasteiger partial charge in [-0.3, -0.25) is 0 Å². The first-order chi connectivity index (χ1) is 6.86. The van der Waals surface area contributed by atoms with E-state index in [4.69, 9.17) is 9.47 Å². The molecule has 0 bridgehead atoms. The Balaban J connectivity index is 2.08. The van der Waals surface area contributed by atoms with Gasteiger partial charge in [-0.15, -0.1) is 6.58 Å². The Kier molecular flexibility index (Phi) is 3.93. The molecule has 1 heterocycles. The Labute approximate surface area is 101 Å². The molecule has 0 amide bonds. The van der Waals surface area contributed by atoms with Crippen molar-refractivity contribution in [1.82, 2.24) is 0 Å². The molecule has 0 N–H and O–H groups in total. The number of fused-ring (bicyclic) bond motifs is 1. The van der Waals surface area contributed by atoms with Crippen LogP contribution in [0.1, 0.15) is 12.8 Å². The van der Waals surface area contributed by atoms with E-state index in [2.05, 4.69) is 27.8 Å². The van der Waals surface area contributed by atoms with E-state index in [1.807, 2.05) is 8.93 Å². The first-order valence-electron chi connectivity index (χ1n) is 4.72. The first-order valence-corrected chi connectivity index (χ1v) is 8.08. The highest BCUT2D eigenvalue weighted by Gasteiger charge is 2.38. The minimum atomic E-state index is -0.0993. The summed E-state index contributed by atoms with van der Waals surface area (Å²) in [6, 6.07) is 0. The van der Waals surface area contributed by atoms with Crippen LogP contribution in [0.15, 0.2) is 23.1 Å². The highest BCUT2D eigenvalue weighted by molar-refractivity contribution is 14.2. The third-order valence-corrected chi connectivity index (χ3v) is 4.86. The minimum absolute atomic E-state index is 0.0993. The van der Waals surface area contributed by atoms with Gasteiger partial charge in [-0.2, -0.15) is 0 Å². The molecule has 1 aliphatic heterocycles. The fourth-order valence-electron chi connectivity index (χ4n) is 2.00. The predicted octanol–water partition coefficient (Wildman–Crippen LogP) is 3.29. The molecule has 0 aromatic carbocycles. The summed E-state index contributed by atoms with van der Waals surface area (Å²) in [6.07, 6.45) is 4.10. The van der Waals surface area contributed by atoms with Crippen LogP contribution >= 0.6 is 30.1 Å². The van der Waals surface area contributed by atoms with Crippen LogP contribution in [0.3, 0.4) is 0 Å². The normalized spacial score (nSPS) is 30.9. The molecule has 0 aromatic rings. The van der Waals surface area contributed by atoms with Gasteiger partial charge in [-0.05, 0) is 12.8 Å². The van der Waals surface area contributed by atoms with Crippen LogP contribution in [-0.2, 0) is 9.47 Å². The molecule has 2 unspecified atom stereocenters. The lowest BCUT2D eigenvalue weighted by atomic mass is 10.1. The summed E-state index contributed by atoms with van der Waals surface area (Å²) >= 11 is 2.34. The maximum Gasteiger partial charge on any atom is 0.181 e. The van der Waals surface area contributed by atoms with E-state index in [1.54, 1.807) is 6.08 Å². The van der Waals surface area contributed by atoms with Gasteiger partial charge in [0.1, 0.15) is 0 Å². The molecule has 78 valence electrons. The van der Waals surface area contributed by atoms with Crippen LogP contribution in [0.25, 0.3) is 0 Å². The fourth-order valence-corrected chi connectivity index (χ4v) is 3.97. The van der Waals surface area contributed by atoms with Gasteiger partial charge in [0, 0.05) is 37.6 Å². The highest BCUT2D eigenvalue weighted by atomic mass is 127. The second-order valence-corrected chi connectivity index (χ2v) is 5.45. The van der Waals surface area contributed by atoms with Gasteiger partial charge in [0.05, 0.1) is 13.2 Å². The monoisotopic (exact) mass is 324 g/mol. The van der Waals surface area contributed by atoms with Crippen molar-refractivity contribution in [3.8, 4) is 0 Å². The molecule has 0 aromatic heterocycles. The molecule has 2 aliphatic rings. The van der Waals surface area contributed by atoms with Gasteiger partial charge in [0.2, 0.25) is 0 Å². The summed E-state index contributed by atoms with van der Waals surface area (Å²) in [5.74, 6) is 0.613. The van der Waals surface area contributed by atoms with Crippen molar-refractivity contribution >= 4 is 30.1 Å².